The number of aromatic nitrogens is 3. The molecule has 12 heteroatoms. The van der Waals surface area contributed by atoms with Crippen molar-refractivity contribution in [2.45, 2.75) is 11.3 Å². The van der Waals surface area contributed by atoms with Gasteiger partial charge in [-0.25, -0.2) is 23.2 Å². The summed E-state index contributed by atoms with van der Waals surface area (Å²) < 4.78 is 25.0. The molecule has 2 heterocycles. The second-order valence-corrected chi connectivity index (χ2v) is 10.2. The van der Waals surface area contributed by atoms with Gasteiger partial charge in [-0.3, -0.25) is 9.59 Å². The van der Waals surface area contributed by atoms with E-state index in [1.54, 1.807) is 41.1 Å². The molecular weight excluding hydrogens is 516 g/mol. The Bertz CT molecular complexity index is 1820. The number of nitrogens with two attached hydrogens (primary N) is 2. The van der Waals surface area contributed by atoms with Crippen molar-refractivity contribution in [2.75, 3.05) is 5.32 Å². The lowest BCUT2D eigenvalue weighted by atomic mass is 10.0. The quantitative estimate of drug-likeness (QED) is 0.283. The third kappa shape index (κ3) is 4.75. The summed E-state index contributed by atoms with van der Waals surface area (Å²) in [6.45, 7) is 0. The van der Waals surface area contributed by atoms with Gasteiger partial charge in [-0.2, -0.15) is 5.10 Å². The predicted molar refractivity (Wildman–Crippen MR) is 140 cm³/mol. The van der Waals surface area contributed by atoms with Gasteiger partial charge in [0.25, 0.3) is 5.91 Å². The third-order valence-electron chi connectivity index (χ3n) is 5.75. The van der Waals surface area contributed by atoms with E-state index >= 15 is 0 Å². The Morgan fingerprint density at radius 1 is 1.00 bits per heavy atom. The number of fused-ring (bicyclic) bond motifs is 3. The van der Waals surface area contributed by atoms with Gasteiger partial charge in [-0.05, 0) is 53.9 Å². The summed E-state index contributed by atoms with van der Waals surface area (Å²) in [4.78, 5) is 28.4. The minimum Gasteiger partial charge on any atom is -0.369 e. The molecule has 0 aliphatic carbocycles. The highest BCUT2D eigenvalue weighted by Crippen LogP contribution is 2.32. The lowest BCUT2D eigenvalue weighted by Gasteiger charge is -2.10. The fraction of sp³-hybridized carbons (Fsp3) is 0.0400. The normalized spacial score (nSPS) is 11.6. The third-order valence-corrected chi connectivity index (χ3v) is 6.98. The van der Waals surface area contributed by atoms with Crippen molar-refractivity contribution in [3.05, 3.63) is 89.3 Å². The van der Waals surface area contributed by atoms with Crippen molar-refractivity contribution in [1.29, 1.82) is 0 Å². The Kier molecular flexibility index (Phi) is 6.12. The van der Waals surface area contributed by atoms with Gasteiger partial charge in [-0.1, -0.05) is 29.8 Å². The first-order valence-corrected chi connectivity index (χ1v) is 12.8. The van der Waals surface area contributed by atoms with Gasteiger partial charge in [0.05, 0.1) is 33.8 Å². The van der Waals surface area contributed by atoms with Gasteiger partial charge in [0.15, 0.2) is 0 Å². The van der Waals surface area contributed by atoms with E-state index in [2.05, 4.69) is 15.4 Å². The van der Waals surface area contributed by atoms with Crippen LogP contribution in [0.3, 0.4) is 0 Å². The summed E-state index contributed by atoms with van der Waals surface area (Å²) in [5.74, 6) is -0.975. The molecule has 0 aliphatic heterocycles. The average molecular weight is 535 g/mol. The number of halogens is 1. The summed E-state index contributed by atoms with van der Waals surface area (Å²) >= 11 is 6.06. The number of hydrogen-bond donors (Lipinski definition) is 3. The Balaban J connectivity index is 1.68. The van der Waals surface area contributed by atoms with Crippen LogP contribution in [0.2, 0.25) is 5.15 Å². The van der Waals surface area contributed by atoms with E-state index in [1.165, 1.54) is 18.3 Å². The first-order valence-electron chi connectivity index (χ1n) is 10.9. The monoisotopic (exact) mass is 534 g/mol. The molecule has 0 fully saturated rings. The number of rotatable bonds is 6. The minimum atomic E-state index is -3.88. The fourth-order valence-electron chi connectivity index (χ4n) is 4.08. The van der Waals surface area contributed by atoms with Crippen LogP contribution in [-0.2, 0) is 21.2 Å². The molecule has 10 nitrogen and oxygen atoms in total. The van der Waals surface area contributed by atoms with Crippen LogP contribution >= 0.6 is 11.6 Å². The number of primary sulfonamides is 1. The van der Waals surface area contributed by atoms with Crippen LogP contribution in [0.4, 0.5) is 5.69 Å². The number of sulfonamides is 1. The molecule has 5 rings (SSSR count). The van der Waals surface area contributed by atoms with Crippen molar-refractivity contribution >= 4 is 60.8 Å². The van der Waals surface area contributed by atoms with Crippen LogP contribution < -0.4 is 16.2 Å². The Labute approximate surface area is 215 Å². The molecule has 0 saturated heterocycles. The Morgan fingerprint density at radius 2 is 1.73 bits per heavy atom. The van der Waals surface area contributed by atoms with E-state index in [0.29, 0.717) is 28.0 Å². The average Bonchev–Trinajstić information content (AvgIpc) is 3.22. The molecule has 2 amide bonds. The van der Waals surface area contributed by atoms with Crippen molar-refractivity contribution < 1.29 is 18.0 Å². The highest BCUT2D eigenvalue weighted by molar-refractivity contribution is 7.89. The van der Waals surface area contributed by atoms with Gasteiger partial charge >= 0.3 is 0 Å². The van der Waals surface area contributed by atoms with E-state index in [1.807, 2.05) is 18.2 Å². The molecule has 0 unspecified atom stereocenters. The first-order chi connectivity index (χ1) is 17.6. The van der Waals surface area contributed by atoms with Crippen molar-refractivity contribution in [1.82, 2.24) is 14.8 Å². The Hall–Kier alpha value is -4.32. The second kappa shape index (κ2) is 9.28. The van der Waals surface area contributed by atoms with Crippen molar-refractivity contribution in [2.24, 2.45) is 10.9 Å². The Morgan fingerprint density at radius 3 is 2.41 bits per heavy atom. The number of nitrogens with one attached hydrogen (secondary N) is 1. The summed E-state index contributed by atoms with van der Waals surface area (Å²) in [6.07, 6.45) is 1.40. The molecular formula is C25H19ClN6O4S. The van der Waals surface area contributed by atoms with E-state index in [-0.39, 0.29) is 22.0 Å². The molecule has 186 valence electrons. The topological polar surface area (TPSA) is 163 Å². The second-order valence-electron chi connectivity index (χ2n) is 8.23. The zero-order chi connectivity index (χ0) is 26.3. The molecule has 5 aromatic rings. The lowest BCUT2D eigenvalue weighted by Crippen LogP contribution is -2.14. The molecule has 0 atom stereocenters. The first kappa shape index (κ1) is 24.4. The minimum absolute atomic E-state index is 0.0472. The molecule has 0 bridgehead atoms. The van der Waals surface area contributed by atoms with Crippen LogP contribution in [0.1, 0.15) is 16.1 Å². The highest BCUT2D eigenvalue weighted by atomic mass is 35.5. The SMILES string of the molecule is NC(=O)Cc1nn(-c2ccc(S(N)(=O)=O)cc2)c2c1ccc1ccc(NC(=O)c3cccnc3Cl)cc12. The molecule has 2 aromatic heterocycles. The zero-order valence-corrected chi connectivity index (χ0v) is 20.6. The summed E-state index contributed by atoms with van der Waals surface area (Å²) in [5, 5.41) is 15.0. The standard InChI is InChI=1S/C25H19ClN6O4S/c26-24-19(2-1-11-29-24)25(34)30-15-5-3-14-4-10-18-21(13-22(27)33)31-32(23(18)20(14)12-15)16-6-8-17(9-7-16)37(28,35)36/h1-12H,13H2,(H2,27,33)(H,30,34)(H2,28,35,36). The van der Waals surface area contributed by atoms with E-state index < -0.39 is 21.8 Å². The molecule has 5 N–H and O–H groups in total. The summed E-state index contributed by atoms with van der Waals surface area (Å²) in [7, 11) is -3.88. The van der Waals surface area contributed by atoms with Gasteiger partial charge in [0.2, 0.25) is 15.9 Å². The fourth-order valence-corrected chi connectivity index (χ4v) is 4.80. The van der Waals surface area contributed by atoms with E-state index in [9.17, 15) is 18.0 Å². The van der Waals surface area contributed by atoms with Crippen LogP contribution in [-0.4, -0.2) is 35.0 Å². The number of carbonyl (C=O) groups is 2. The van der Waals surface area contributed by atoms with Crippen LogP contribution in [0.25, 0.3) is 27.4 Å². The highest BCUT2D eigenvalue weighted by Gasteiger charge is 2.18. The largest absolute Gasteiger partial charge is 0.369 e. The maximum absolute atomic E-state index is 12.8. The van der Waals surface area contributed by atoms with Gasteiger partial charge in [0, 0.05) is 22.7 Å². The summed E-state index contributed by atoms with van der Waals surface area (Å²) in [5.41, 5.74) is 7.82. The van der Waals surface area contributed by atoms with Crippen LogP contribution in [0.15, 0.2) is 77.8 Å². The number of anilines is 1. The molecule has 0 radical (unpaired) electrons. The molecule has 0 aliphatic rings. The van der Waals surface area contributed by atoms with E-state index in [4.69, 9.17) is 22.5 Å². The number of pyridine rings is 1. The van der Waals surface area contributed by atoms with Gasteiger partial charge in [0.1, 0.15) is 5.15 Å². The number of carbonyl (C=O) groups excluding carboxylic acids is 2. The summed E-state index contributed by atoms with van der Waals surface area (Å²) in [6, 6.07) is 18.2. The molecule has 37 heavy (non-hydrogen) atoms. The maximum Gasteiger partial charge on any atom is 0.258 e. The maximum atomic E-state index is 12.8. The van der Waals surface area contributed by atoms with Crippen LogP contribution in [0.5, 0.6) is 0 Å². The van der Waals surface area contributed by atoms with E-state index in [0.717, 1.165) is 10.8 Å². The lowest BCUT2D eigenvalue weighted by molar-refractivity contribution is -0.117. The molecule has 0 spiro atoms. The van der Waals surface area contributed by atoms with Crippen LogP contribution in [0, 0.1) is 0 Å². The number of nitrogens with zero attached hydrogens (tertiary/aromatic N) is 3. The molecule has 0 saturated carbocycles. The zero-order valence-electron chi connectivity index (χ0n) is 19.1. The number of amides is 2. The number of benzene rings is 3. The number of hydrogen-bond acceptors (Lipinski definition) is 6. The van der Waals surface area contributed by atoms with Gasteiger partial charge in [-0.15, -0.1) is 0 Å². The van der Waals surface area contributed by atoms with Crippen molar-refractivity contribution in [3.63, 3.8) is 0 Å². The molecule has 3 aromatic carbocycles. The smallest absolute Gasteiger partial charge is 0.258 e. The van der Waals surface area contributed by atoms with Gasteiger partial charge < -0.3 is 11.1 Å². The van der Waals surface area contributed by atoms with Crippen molar-refractivity contribution in [3.8, 4) is 5.69 Å². The predicted octanol–water partition coefficient (Wildman–Crippen LogP) is 3.15. The number of primary amides is 1.